The first kappa shape index (κ1) is 18.0. The third kappa shape index (κ3) is 2.68. The molecule has 1 aromatic carbocycles. The number of fused-ring (bicyclic) bond motifs is 1. The van der Waals surface area contributed by atoms with Gasteiger partial charge in [0.05, 0.1) is 16.4 Å². The molecule has 2 aliphatic rings. The fourth-order valence-corrected chi connectivity index (χ4v) is 5.69. The first-order valence-corrected chi connectivity index (χ1v) is 9.28. The van der Waals surface area contributed by atoms with Gasteiger partial charge in [-0.05, 0) is 24.8 Å². The van der Waals surface area contributed by atoms with Crippen LogP contribution in [0.5, 0.6) is 0 Å². The molecule has 0 spiro atoms. The van der Waals surface area contributed by atoms with Crippen LogP contribution in [0.2, 0.25) is 5.02 Å². The minimum atomic E-state index is -4.36. The van der Waals surface area contributed by atoms with Gasteiger partial charge >= 0.3 is 5.97 Å². The number of carboxylic acids is 1. The molecule has 1 N–H and O–H groups in total. The summed E-state index contributed by atoms with van der Waals surface area (Å²) in [6.07, 6.45) is 1.65. The number of carbonyl (C=O) groups is 1. The standard InChI is InChI=1S/C14H14ClFN2O6S/c15-9-4-12(10(16)5-11(9)18(21)22)25(23,24)17-6-8-2-1-3-14(8,7-17)13(19)20/h4-5,8H,1-3,6-7H2,(H,19,20)/t8-,14+/m0/s1. The number of nitrogens with zero attached hydrogens (tertiary/aromatic N) is 2. The molecule has 136 valence electrons. The molecule has 0 aromatic heterocycles. The van der Waals surface area contributed by atoms with Crippen molar-refractivity contribution in [2.24, 2.45) is 11.3 Å². The Labute approximate surface area is 147 Å². The molecule has 1 saturated carbocycles. The minimum absolute atomic E-state index is 0.0251. The van der Waals surface area contributed by atoms with E-state index in [1.54, 1.807) is 0 Å². The maximum Gasteiger partial charge on any atom is 0.311 e. The van der Waals surface area contributed by atoms with Crippen LogP contribution in [-0.4, -0.2) is 41.8 Å². The lowest BCUT2D eigenvalue weighted by Crippen LogP contribution is -2.37. The summed E-state index contributed by atoms with van der Waals surface area (Å²) in [5, 5.41) is 19.8. The van der Waals surface area contributed by atoms with Gasteiger partial charge in [0, 0.05) is 13.1 Å². The van der Waals surface area contributed by atoms with Gasteiger partial charge in [-0.2, -0.15) is 4.31 Å². The molecule has 3 rings (SSSR count). The number of halogens is 2. The summed E-state index contributed by atoms with van der Waals surface area (Å²) in [6, 6.07) is 1.16. The van der Waals surface area contributed by atoms with E-state index in [4.69, 9.17) is 11.6 Å². The van der Waals surface area contributed by atoms with Gasteiger partial charge in [0.25, 0.3) is 5.69 Å². The summed E-state index contributed by atoms with van der Waals surface area (Å²) >= 11 is 5.70. The zero-order valence-electron chi connectivity index (χ0n) is 12.8. The summed E-state index contributed by atoms with van der Waals surface area (Å²) < 4.78 is 40.6. The third-order valence-electron chi connectivity index (χ3n) is 5.08. The van der Waals surface area contributed by atoms with Crippen LogP contribution in [0, 0.1) is 27.3 Å². The summed E-state index contributed by atoms with van der Waals surface area (Å²) in [5.41, 5.74) is -1.90. The summed E-state index contributed by atoms with van der Waals surface area (Å²) in [5.74, 6) is -2.69. The van der Waals surface area contributed by atoms with Gasteiger partial charge in [-0.15, -0.1) is 0 Å². The Balaban J connectivity index is 2.00. The second kappa shape index (κ2) is 5.89. The molecule has 1 heterocycles. The minimum Gasteiger partial charge on any atom is -0.481 e. The zero-order valence-corrected chi connectivity index (χ0v) is 14.4. The first-order chi connectivity index (χ1) is 11.6. The molecular formula is C14H14ClFN2O6S. The monoisotopic (exact) mass is 392 g/mol. The summed E-state index contributed by atoms with van der Waals surface area (Å²) in [6.45, 7) is -0.272. The van der Waals surface area contributed by atoms with Gasteiger partial charge in [-0.25, -0.2) is 12.8 Å². The van der Waals surface area contributed by atoms with Crippen LogP contribution >= 0.6 is 11.6 Å². The summed E-state index contributed by atoms with van der Waals surface area (Å²) in [7, 11) is -4.36. The van der Waals surface area contributed by atoms with E-state index in [1.165, 1.54) is 0 Å². The van der Waals surface area contributed by atoms with E-state index in [0.29, 0.717) is 31.4 Å². The van der Waals surface area contributed by atoms with Crippen LogP contribution in [0.3, 0.4) is 0 Å². The highest BCUT2D eigenvalue weighted by Gasteiger charge is 2.57. The molecule has 2 atom stereocenters. The van der Waals surface area contributed by atoms with Gasteiger partial charge in [-0.1, -0.05) is 18.0 Å². The average molecular weight is 393 g/mol. The Morgan fingerprint density at radius 1 is 1.48 bits per heavy atom. The number of aliphatic carboxylic acids is 1. The van der Waals surface area contributed by atoms with E-state index in [-0.39, 0.29) is 19.0 Å². The number of nitro benzene ring substituents is 1. The van der Waals surface area contributed by atoms with Crippen molar-refractivity contribution in [2.75, 3.05) is 13.1 Å². The highest BCUT2D eigenvalue weighted by Crippen LogP contribution is 2.50. The van der Waals surface area contributed by atoms with E-state index < -0.39 is 47.8 Å². The molecule has 11 heteroatoms. The molecule has 0 radical (unpaired) electrons. The van der Waals surface area contributed by atoms with Crippen molar-refractivity contribution in [3.8, 4) is 0 Å². The Kier molecular flexibility index (Phi) is 4.25. The second-order valence-corrected chi connectivity index (χ2v) is 8.65. The van der Waals surface area contributed by atoms with Crippen LogP contribution in [0.25, 0.3) is 0 Å². The Morgan fingerprint density at radius 3 is 2.72 bits per heavy atom. The number of benzene rings is 1. The molecule has 1 aromatic rings. The Morgan fingerprint density at radius 2 is 2.16 bits per heavy atom. The molecule has 1 saturated heterocycles. The highest BCUT2D eigenvalue weighted by molar-refractivity contribution is 7.89. The topological polar surface area (TPSA) is 118 Å². The van der Waals surface area contributed by atoms with Crippen molar-refractivity contribution in [2.45, 2.75) is 24.2 Å². The number of hydrogen-bond donors (Lipinski definition) is 1. The highest BCUT2D eigenvalue weighted by atomic mass is 35.5. The van der Waals surface area contributed by atoms with Crippen LogP contribution < -0.4 is 0 Å². The lowest BCUT2D eigenvalue weighted by molar-refractivity contribution is -0.384. The average Bonchev–Trinajstić information content (AvgIpc) is 3.07. The van der Waals surface area contributed by atoms with Gasteiger partial charge in [0.15, 0.2) is 0 Å². The van der Waals surface area contributed by atoms with Crippen LogP contribution in [0.4, 0.5) is 10.1 Å². The predicted octanol–water partition coefficient (Wildman–Crippen LogP) is 2.26. The molecule has 2 fully saturated rings. The van der Waals surface area contributed by atoms with Gasteiger partial charge < -0.3 is 5.11 Å². The SMILES string of the molecule is O=C(O)[C@@]12CCC[C@H]1CN(S(=O)(=O)c1cc(Cl)c([N+](=O)[O-])cc1F)C2. The van der Waals surface area contributed by atoms with Crippen LogP contribution in [-0.2, 0) is 14.8 Å². The van der Waals surface area contributed by atoms with E-state index in [2.05, 4.69) is 0 Å². The zero-order chi connectivity index (χ0) is 18.6. The maximum absolute atomic E-state index is 14.2. The predicted molar refractivity (Wildman–Crippen MR) is 84.2 cm³/mol. The number of carboxylic acid groups (broad SMARTS) is 1. The van der Waals surface area contributed by atoms with Crippen molar-refractivity contribution >= 4 is 33.3 Å². The number of hydrogen-bond acceptors (Lipinski definition) is 5. The Hall–Kier alpha value is -1.78. The van der Waals surface area contributed by atoms with E-state index >= 15 is 0 Å². The molecule has 0 unspecified atom stereocenters. The molecule has 8 nitrogen and oxygen atoms in total. The largest absolute Gasteiger partial charge is 0.481 e. The number of rotatable bonds is 4. The molecule has 1 aliphatic heterocycles. The van der Waals surface area contributed by atoms with Crippen molar-refractivity contribution < 1.29 is 27.6 Å². The quantitative estimate of drug-likeness (QED) is 0.620. The van der Waals surface area contributed by atoms with Crippen molar-refractivity contribution in [1.29, 1.82) is 0 Å². The lowest BCUT2D eigenvalue weighted by Gasteiger charge is -2.23. The van der Waals surface area contributed by atoms with Crippen LogP contribution in [0.15, 0.2) is 17.0 Å². The molecule has 25 heavy (non-hydrogen) atoms. The smallest absolute Gasteiger partial charge is 0.311 e. The number of sulfonamides is 1. The molecule has 0 bridgehead atoms. The Bertz CT molecular complexity index is 876. The van der Waals surface area contributed by atoms with Crippen LogP contribution in [0.1, 0.15) is 19.3 Å². The lowest BCUT2D eigenvalue weighted by atomic mass is 9.81. The molecule has 0 amide bonds. The van der Waals surface area contributed by atoms with E-state index in [1.807, 2.05) is 0 Å². The fourth-order valence-electron chi connectivity index (χ4n) is 3.77. The fraction of sp³-hybridized carbons (Fsp3) is 0.500. The molecular weight excluding hydrogens is 379 g/mol. The normalized spacial score (nSPS) is 26.6. The summed E-state index contributed by atoms with van der Waals surface area (Å²) in [4.78, 5) is 20.7. The van der Waals surface area contributed by atoms with Gasteiger partial charge in [0.2, 0.25) is 10.0 Å². The van der Waals surface area contributed by atoms with Crippen molar-refractivity contribution in [3.05, 3.63) is 33.1 Å². The number of nitro groups is 1. The first-order valence-electron chi connectivity index (χ1n) is 7.46. The van der Waals surface area contributed by atoms with Gasteiger partial charge in [-0.3, -0.25) is 14.9 Å². The van der Waals surface area contributed by atoms with E-state index in [9.17, 15) is 32.8 Å². The van der Waals surface area contributed by atoms with Gasteiger partial charge in [0.1, 0.15) is 15.7 Å². The van der Waals surface area contributed by atoms with E-state index in [0.717, 1.165) is 4.31 Å². The maximum atomic E-state index is 14.2. The van der Waals surface area contributed by atoms with Crippen molar-refractivity contribution in [3.63, 3.8) is 0 Å². The third-order valence-corrected chi connectivity index (χ3v) is 7.21. The molecule has 1 aliphatic carbocycles. The second-order valence-electron chi connectivity index (χ2n) is 6.34. The van der Waals surface area contributed by atoms with Crippen molar-refractivity contribution in [1.82, 2.24) is 4.31 Å².